The predicted molar refractivity (Wildman–Crippen MR) is 126 cm³/mol. The molecular weight excluding hydrogens is 476 g/mol. The summed E-state index contributed by atoms with van der Waals surface area (Å²) in [6.07, 6.45) is 0. The second-order valence-corrected chi connectivity index (χ2v) is 7.91. The van der Waals surface area contributed by atoms with Crippen LogP contribution in [0.4, 0.5) is 5.13 Å². The van der Waals surface area contributed by atoms with E-state index in [0.717, 1.165) is 38.4 Å². The highest BCUT2D eigenvalue weighted by atomic mass is 79.9. The minimum atomic E-state index is 0. The van der Waals surface area contributed by atoms with Crippen LogP contribution < -0.4 is 5.43 Å². The lowest BCUT2D eigenvalue weighted by atomic mass is 10.2. The van der Waals surface area contributed by atoms with Gasteiger partial charge in [0.2, 0.25) is 5.13 Å². The number of hydrazone groups is 1. The van der Waals surface area contributed by atoms with Gasteiger partial charge in [0.15, 0.2) is 0 Å². The molecule has 4 nitrogen and oxygen atoms in total. The van der Waals surface area contributed by atoms with Crippen LogP contribution in [0.3, 0.4) is 0 Å². The number of anilines is 1. The van der Waals surface area contributed by atoms with E-state index < -0.39 is 0 Å². The van der Waals surface area contributed by atoms with E-state index in [1.165, 1.54) is 11.3 Å². The third kappa shape index (κ3) is 4.86. The standard InChI is InChI=1S/C20H15ClN4S2.BrH/c1-13(17-11-26-19(22-17)15-5-3-2-4-6-15)24-25-20-23-18(12-27-20)14-7-9-16(21)10-8-14;/h2-12H,1H3,(H,23,25);1H. The third-order valence-electron chi connectivity index (χ3n) is 3.86. The molecule has 0 radical (unpaired) electrons. The average molecular weight is 492 g/mol. The Morgan fingerprint density at radius 1 is 0.929 bits per heavy atom. The number of benzene rings is 2. The molecule has 4 rings (SSSR count). The molecule has 28 heavy (non-hydrogen) atoms. The summed E-state index contributed by atoms with van der Waals surface area (Å²) >= 11 is 9.05. The second kappa shape index (κ2) is 9.43. The Morgan fingerprint density at radius 3 is 2.43 bits per heavy atom. The van der Waals surface area contributed by atoms with Crippen LogP contribution in [-0.4, -0.2) is 15.7 Å². The first-order valence-electron chi connectivity index (χ1n) is 8.22. The molecule has 2 aromatic heterocycles. The lowest BCUT2D eigenvalue weighted by Crippen LogP contribution is -2.00. The van der Waals surface area contributed by atoms with E-state index >= 15 is 0 Å². The molecule has 4 aromatic rings. The van der Waals surface area contributed by atoms with Gasteiger partial charge in [0.25, 0.3) is 0 Å². The van der Waals surface area contributed by atoms with E-state index in [9.17, 15) is 0 Å². The Kier molecular flexibility index (Phi) is 6.96. The van der Waals surface area contributed by atoms with E-state index in [4.69, 9.17) is 11.6 Å². The van der Waals surface area contributed by atoms with Crippen molar-refractivity contribution in [2.45, 2.75) is 6.92 Å². The summed E-state index contributed by atoms with van der Waals surface area (Å²) < 4.78 is 0. The zero-order valence-electron chi connectivity index (χ0n) is 14.8. The van der Waals surface area contributed by atoms with Crippen LogP contribution in [0.5, 0.6) is 0 Å². The van der Waals surface area contributed by atoms with Gasteiger partial charge in [-0.1, -0.05) is 54.1 Å². The molecule has 142 valence electrons. The first-order valence-corrected chi connectivity index (χ1v) is 10.4. The number of rotatable bonds is 5. The number of nitrogens with zero attached hydrogens (tertiary/aromatic N) is 3. The Bertz CT molecular complexity index is 1080. The lowest BCUT2D eigenvalue weighted by Gasteiger charge is -1.98. The van der Waals surface area contributed by atoms with Gasteiger partial charge < -0.3 is 0 Å². The van der Waals surface area contributed by atoms with Crippen molar-refractivity contribution in [1.82, 2.24) is 9.97 Å². The molecule has 8 heteroatoms. The van der Waals surface area contributed by atoms with Crippen molar-refractivity contribution in [3.8, 4) is 21.8 Å². The summed E-state index contributed by atoms with van der Waals surface area (Å²) in [5.41, 5.74) is 7.74. The molecule has 0 bridgehead atoms. The van der Waals surface area contributed by atoms with E-state index in [1.807, 2.05) is 60.1 Å². The van der Waals surface area contributed by atoms with Gasteiger partial charge in [0.05, 0.1) is 17.1 Å². The Labute approximate surface area is 186 Å². The van der Waals surface area contributed by atoms with Crippen molar-refractivity contribution in [1.29, 1.82) is 0 Å². The molecule has 0 amide bonds. The predicted octanol–water partition coefficient (Wildman–Crippen LogP) is 7.00. The molecule has 0 saturated carbocycles. The van der Waals surface area contributed by atoms with Crippen LogP contribution in [0.1, 0.15) is 12.6 Å². The van der Waals surface area contributed by atoms with Gasteiger partial charge in [-0.15, -0.1) is 39.7 Å². The number of aromatic nitrogens is 2. The molecule has 0 fully saturated rings. The summed E-state index contributed by atoms with van der Waals surface area (Å²) in [6, 6.07) is 17.8. The van der Waals surface area contributed by atoms with Crippen LogP contribution in [0.25, 0.3) is 21.8 Å². The summed E-state index contributed by atoms with van der Waals surface area (Å²) in [4.78, 5) is 9.24. The number of nitrogens with one attached hydrogen (secondary N) is 1. The van der Waals surface area contributed by atoms with Crippen LogP contribution in [0.2, 0.25) is 5.02 Å². The van der Waals surface area contributed by atoms with Crippen molar-refractivity contribution >= 4 is 62.1 Å². The van der Waals surface area contributed by atoms with Gasteiger partial charge in [-0.2, -0.15) is 5.10 Å². The average Bonchev–Trinajstić information content (AvgIpc) is 3.37. The van der Waals surface area contributed by atoms with Gasteiger partial charge in [-0.05, 0) is 19.1 Å². The van der Waals surface area contributed by atoms with E-state index in [1.54, 1.807) is 11.3 Å². The van der Waals surface area contributed by atoms with E-state index in [2.05, 4.69) is 32.6 Å². The second-order valence-electron chi connectivity index (χ2n) is 5.76. The quantitative estimate of drug-likeness (QED) is 0.241. The number of hydrogen-bond acceptors (Lipinski definition) is 6. The van der Waals surface area contributed by atoms with Crippen LogP contribution in [0, 0.1) is 0 Å². The Balaban J connectivity index is 0.00000225. The Morgan fingerprint density at radius 2 is 1.68 bits per heavy atom. The monoisotopic (exact) mass is 490 g/mol. The van der Waals surface area contributed by atoms with E-state index in [-0.39, 0.29) is 17.0 Å². The molecule has 2 aromatic carbocycles. The van der Waals surface area contributed by atoms with Gasteiger partial charge in [0, 0.05) is 26.9 Å². The van der Waals surface area contributed by atoms with Crippen molar-refractivity contribution in [3.05, 3.63) is 76.1 Å². The summed E-state index contributed by atoms with van der Waals surface area (Å²) in [6.45, 7) is 1.94. The molecule has 0 aliphatic heterocycles. The maximum Gasteiger partial charge on any atom is 0.203 e. The first-order chi connectivity index (χ1) is 13.2. The fourth-order valence-corrected chi connectivity index (χ4v) is 4.08. The highest BCUT2D eigenvalue weighted by Crippen LogP contribution is 2.26. The maximum absolute atomic E-state index is 5.93. The Hall–Kier alpha value is -2.06. The third-order valence-corrected chi connectivity index (χ3v) is 5.75. The van der Waals surface area contributed by atoms with Crippen molar-refractivity contribution in [2.75, 3.05) is 5.43 Å². The van der Waals surface area contributed by atoms with Gasteiger partial charge in [-0.25, -0.2) is 9.97 Å². The maximum atomic E-state index is 5.93. The summed E-state index contributed by atoms with van der Waals surface area (Å²) in [5.74, 6) is 0. The minimum absolute atomic E-state index is 0. The van der Waals surface area contributed by atoms with Crippen LogP contribution in [-0.2, 0) is 0 Å². The minimum Gasteiger partial charge on any atom is -0.252 e. The van der Waals surface area contributed by atoms with Crippen molar-refractivity contribution in [2.24, 2.45) is 5.10 Å². The molecule has 0 spiro atoms. The SMILES string of the molecule is Br.CC(=NNc1nc(-c2ccc(Cl)cc2)cs1)c1csc(-c2ccccc2)n1. The van der Waals surface area contributed by atoms with Crippen LogP contribution in [0.15, 0.2) is 70.5 Å². The van der Waals surface area contributed by atoms with Crippen molar-refractivity contribution in [3.63, 3.8) is 0 Å². The molecule has 2 heterocycles. The molecule has 0 atom stereocenters. The summed E-state index contributed by atoms with van der Waals surface area (Å²) in [5, 5.41) is 10.9. The highest BCUT2D eigenvalue weighted by molar-refractivity contribution is 8.93. The van der Waals surface area contributed by atoms with E-state index in [0.29, 0.717) is 5.02 Å². The largest absolute Gasteiger partial charge is 0.252 e. The normalized spacial score (nSPS) is 11.1. The molecule has 0 aliphatic rings. The molecule has 0 aliphatic carbocycles. The zero-order valence-corrected chi connectivity index (χ0v) is 18.9. The number of thiazole rings is 2. The lowest BCUT2D eigenvalue weighted by molar-refractivity contribution is 1.25. The van der Waals surface area contributed by atoms with Gasteiger partial charge in [0.1, 0.15) is 5.01 Å². The zero-order chi connectivity index (χ0) is 18.6. The number of halogens is 2. The van der Waals surface area contributed by atoms with Crippen LogP contribution >= 0.6 is 51.3 Å². The number of hydrogen-bond donors (Lipinski definition) is 1. The molecular formula is C20H16BrClN4S2. The summed E-state index contributed by atoms with van der Waals surface area (Å²) in [7, 11) is 0. The molecule has 0 unspecified atom stereocenters. The fraction of sp³-hybridized carbons (Fsp3) is 0.0500. The van der Waals surface area contributed by atoms with Gasteiger partial charge in [-0.3, -0.25) is 5.43 Å². The fourth-order valence-electron chi connectivity index (χ4n) is 2.42. The topological polar surface area (TPSA) is 50.2 Å². The first kappa shape index (κ1) is 20.7. The van der Waals surface area contributed by atoms with Crippen molar-refractivity contribution < 1.29 is 0 Å². The molecule has 1 N–H and O–H groups in total. The smallest absolute Gasteiger partial charge is 0.203 e. The van der Waals surface area contributed by atoms with Gasteiger partial charge >= 0.3 is 0 Å². The molecule has 0 saturated heterocycles. The highest BCUT2D eigenvalue weighted by Gasteiger charge is 2.08.